The van der Waals surface area contributed by atoms with E-state index in [1.54, 1.807) is 24.5 Å². The minimum Gasteiger partial charge on any atom is -0.865 e. The topological polar surface area (TPSA) is 64.3 Å². The quantitative estimate of drug-likeness (QED) is 0.464. The fourth-order valence-electron chi connectivity index (χ4n) is 1.46. The van der Waals surface area contributed by atoms with Crippen molar-refractivity contribution >= 4 is 5.69 Å². The summed E-state index contributed by atoms with van der Waals surface area (Å²) >= 11 is 0. The maximum absolute atomic E-state index is 11.2. The van der Waals surface area contributed by atoms with Gasteiger partial charge in [-0.2, -0.15) is 4.57 Å². The van der Waals surface area contributed by atoms with Crippen LogP contribution >= 0.6 is 0 Å². The van der Waals surface area contributed by atoms with Gasteiger partial charge in [0.05, 0.1) is 0 Å². The maximum atomic E-state index is 11.2. The van der Waals surface area contributed by atoms with Gasteiger partial charge in [-0.15, -0.1) is 0 Å². The largest absolute Gasteiger partial charge is 0.865 e. The van der Waals surface area contributed by atoms with E-state index in [1.165, 1.54) is 4.57 Å². The van der Waals surface area contributed by atoms with Gasteiger partial charge < -0.3 is 10.0 Å². The van der Waals surface area contributed by atoms with Crippen LogP contribution in [-0.2, 0) is 0 Å². The number of hydrogen-bond donors (Lipinski definition) is 0. The lowest BCUT2D eigenvalue weighted by atomic mass is 10.2. The molecule has 5 heteroatoms. The van der Waals surface area contributed by atoms with E-state index < -0.39 is 16.6 Å². The highest BCUT2D eigenvalue weighted by Gasteiger charge is 2.22. The number of rotatable bonds is 2. The summed E-state index contributed by atoms with van der Waals surface area (Å²) in [6.45, 7) is 0. The van der Waals surface area contributed by atoms with Gasteiger partial charge in [-0.3, -0.25) is 9.59 Å². The molecule has 0 N–H and O–H groups in total. The summed E-state index contributed by atoms with van der Waals surface area (Å²) in [5.41, 5.74) is -0.774. The van der Waals surface area contributed by atoms with Crippen molar-refractivity contribution in [3.63, 3.8) is 0 Å². The van der Waals surface area contributed by atoms with Gasteiger partial charge >= 0.3 is 0 Å². The van der Waals surface area contributed by atoms with Crippen molar-refractivity contribution in [2.24, 2.45) is 0 Å². The van der Waals surface area contributed by atoms with Gasteiger partial charge in [0.25, 0.3) is 11.1 Å². The Hall–Kier alpha value is -2.17. The number of pyridine rings is 1. The molecule has 0 bridgehead atoms. The molecule has 2 aromatic rings. The molecule has 0 aliphatic rings. The van der Waals surface area contributed by atoms with Crippen LogP contribution in [0, 0.1) is 0 Å². The molecule has 1 heterocycles. The van der Waals surface area contributed by atoms with Gasteiger partial charge in [0.15, 0.2) is 12.4 Å². The number of aromatic nitrogens is 1. The predicted octanol–water partition coefficient (Wildman–Crippen LogP) is -1.30. The van der Waals surface area contributed by atoms with Crippen LogP contribution < -0.4 is 25.4 Å². The van der Waals surface area contributed by atoms with Gasteiger partial charge in [0.1, 0.15) is 0 Å². The zero-order chi connectivity index (χ0) is 11.9. The molecule has 82 valence electrons. The van der Waals surface area contributed by atoms with E-state index in [4.69, 9.17) is 0 Å². The first kappa shape index (κ1) is 10.4. The van der Waals surface area contributed by atoms with Crippen LogP contribution in [0.2, 0.25) is 0 Å². The monoisotopic (exact) mass is 218 g/mol. The standard InChI is InChI=1S/C11H10N2O3/c1-12(2)7-3-5-13(6-4-7)8-9(14)11(16)10(8)15/h3-6H,1-2H3. The first-order valence-electron chi connectivity index (χ1n) is 4.71. The lowest BCUT2D eigenvalue weighted by Crippen LogP contribution is -2.49. The Morgan fingerprint density at radius 3 is 2.12 bits per heavy atom. The summed E-state index contributed by atoms with van der Waals surface area (Å²) < 4.78 is 1.37. The summed E-state index contributed by atoms with van der Waals surface area (Å²) in [4.78, 5) is 23.8. The summed E-state index contributed by atoms with van der Waals surface area (Å²) in [6, 6.07) is 3.52. The highest BCUT2D eigenvalue weighted by molar-refractivity contribution is 5.45. The Balaban J connectivity index is 2.44. The van der Waals surface area contributed by atoms with Crippen molar-refractivity contribution in [1.29, 1.82) is 0 Å². The highest BCUT2D eigenvalue weighted by Crippen LogP contribution is 2.09. The fraction of sp³-hybridized carbons (Fsp3) is 0.182. The third-order valence-corrected chi connectivity index (χ3v) is 2.43. The molecule has 16 heavy (non-hydrogen) atoms. The summed E-state index contributed by atoms with van der Waals surface area (Å²) in [5, 5.41) is 11.2. The summed E-state index contributed by atoms with van der Waals surface area (Å²) in [7, 11) is 3.77. The Labute approximate surface area is 91.5 Å². The SMILES string of the molecule is CN(C)c1cc[n+](-c2c([O-])c(=O)c2=O)cc1. The van der Waals surface area contributed by atoms with Crippen molar-refractivity contribution in [1.82, 2.24) is 0 Å². The molecule has 0 atom stereocenters. The van der Waals surface area contributed by atoms with Crippen LogP contribution in [0.3, 0.4) is 0 Å². The van der Waals surface area contributed by atoms with Gasteiger partial charge in [-0.25, -0.2) is 0 Å². The van der Waals surface area contributed by atoms with E-state index in [9.17, 15) is 14.7 Å². The summed E-state index contributed by atoms with van der Waals surface area (Å²) in [6.07, 6.45) is 3.18. The Bertz CT molecular complexity index is 592. The van der Waals surface area contributed by atoms with E-state index in [1.807, 2.05) is 19.0 Å². The second kappa shape index (κ2) is 3.44. The minimum absolute atomic E-state index is 0.0738. The molecule has 0 unspecified atom stereocenters. The number of nitrogens with zero attached hydrogens (tertiary/aromatic N) is 2. The molecular formula is C11H10N2O3. The Morgan fingerprint density at radius 2 is 1.69 bits per heavy atom. The molecule has 2 rings (SSSR count). The minimum atomic E-state index is -0.931. The van der Waals surface area contributed by atoms with Crippen LogP contribution in [0.25, 0.3) is 5.69 Å². The van der Waals surface area contributed by atoms with E-state index in [-0.39, 0.29) is 5.69 Å². The molecule has 0 aliphatic heterocycles. The zero-order valence-corrected chi connectivity index (χ0v) is 8.93. The fourth-order valence-corrected chi connectivity index (χ4v) is 1.46. The van der Waals surface area contributed by atoms with Crippen LogP contribution in [0.1, 0.15) is 0 Å². The van der Waals surface area contributed by atoms with Gasteiger partial charge in [0.2, 0.25) is 5.43 Å². The van der Waals surface area contributed by atoms with Crippen molar-refractivity contribution in [3.8, 4) is 11.4 Å². The predicted molar refractivity (Wildman–Crippen MR) is 56.7 cm³/mol. The van der Waals surface area contributed by atoms with Crippen LogP contribution in [-0.4, -0.2) is 14.1 Å². The molecule has 5 nitrogen and oxygen atoms in total. The zero-order valence-electron chi connectivity index (χ0n) is 8.93. The molecule has 0 aliphatic carbocycles. The maximum Gasteiger partial charge on any atom is 0.296 e. The Morgan fingerprint density at radius 1 is 1.12 bits per heavy atom. The average molecular weight is 218 g/mol. The van der Waals surface area contributed by atoms with Crippen molar-refractivity contribution < 1.29 is 9.67 Å². The smallest absolute Gasteiger partial charge is 0.296 e. The molecule has 0 radical (unpaired) electrons. The average Bonchev–Trinajstić information content (AvgIpc) is 2.29. The Kier molecular flexibility index (Phi) is 2.23. The molecule has 0 fully saturated rings. The van der Waals surface area contributed by atoms with Gasteiger partial charge in [-0.1, -0.05) is 0 Å². The molecular weight excluding hydrogens is 208 g/mol. The first-order chi connectivity index (χ1) is 7.52. The van der Waals surface area contributed by atoms with E-state index in [0.29, 0.717) is 0 Å². The molecule has 0 amide bonds. The van der Waals surface area contributed by atoms with E-state index in [2.05, 4.69) is 0 Å². The first-order valence-corrected chi connectivity index (χ1v) is 4.71. The van der Waals surface area contributed by atoms with E-state index in [0.717, 1.165) is 5.69 Å². The van der Waals surface area contributed by atoms with Crippen LogP contribution in [0.15, 0.2) is 34.1 Å². The lowest BCUT2D eigenvalue weighted by molar-refractivity contribution is -0.602. The van der Waals surface area contributed by atoms with E-state index >= 15 is 0 Å². The summed E-state index contributed by atoms with van der Waals surface area (Å²) in [5.74, 6) is -0.715. The molecule has 0 spiro atoms. The van der Waals surface area contributed by atoms with Gasteiger partial charge in [-0.05, 0) is 0 Å². The van der Waals surface area contributed by atoms with Crippen molar-refractivity contribution in [3.05, 3.63) is 45.0 Å². The van der Waals surface area contributed by atoms with Crippen LogP contribution in [0.5, 0.6) is 5.75 Å². The molecule has 0 saturated carbocycles. The van der Waals surface area contributed by atoms with Crippen molar-refractivity contribution in [2.75, 3.05) is 19.0 Å². The van der Waals surface area contributed by atoms with Crippen LogP contribution in [0.4, 0.5) is 5.69 Å². The molecule has 0 saturated heterocycles. The molecule has 1 aromatic carbocycles. The second-order valence-electron chi connectivity index (χ2n) is 3.69. The van der Waals surface area contributed by atoms with Gasteiger partial charge in [0, 0.05) is 37.7 Å². The third kappa shape index (κ3) is 1.37. The van der Waals surface area contributed by atoms with Crippen molar-refractivity contribution in [2.45, 2.75) is 0 Å². The highest BCUT2D eigenvalue weighted by atomic mass is 16.3. The number of hydrogen-bond acceptors (Lipinski definition) is 4. The normalized spacial score (nSPS) is 10.6. The second-order valence-corrected chi connectivity index (χ2v) is 3.69. The lowest BCUT2D eigenvalue weighted by Gasteiger charge is -2.12. The third-order valence-electron chi connectivity index (χ3n) is 2.43. The number of anilines is 1. The molecule has 1 aromatic heterocycles.